The van der Waals surface area contributed by atoms with Crippen molar-refractivity contribution in [3.8, 4) is 11.5 Å². The van der Waals surface area contributed by atoms with E-state index in [1.54, 1.807) is 6.07 Å². The first-order chi connectivity index (χ1) is 11.2. The van der Waals surface area contributed by atoms with Crippen LogP contribution >= 0.6 is 11.6 Å². The molecule has 0 amide bonds. The summed E-state index contributed by atoms with van der Waals surface area (Å²) in [5.41, 5.74) is 0.921. The molecule has 0 unspecified atom stereocenters. The number of ether oxygens (including phenoxy) is 1. The van der Waals surface area contributed by atoms with E-state index in [4.69, 9.17) is 16.3 Å². The molecule has 1 fully saturated rings. The summed E-state index contributed by atoms with van der Waals surface area (Å²) in [6.07, 6.45) is 0. The Morgan fingerprint density at radius 1 is 0.957 bits per heavy atom. The Morgan fingerprint density at radius 2 is 1.65 bits per heavy atom. The predicted molar refractivity (Wildman–Crippen MR) is 93.7 cm³/mol. The lowest BCUT2D eigenvalue weighted by Crippen LogP contribution is -2.47. The molecule has 1 aliphatic heterocycles. The van der Waals surface area contributed by atoms with Gasteiger partial charge >= 0.3 is 0 Å². The Balaban J connectivity index is 1.43. The van der Waals surface area contributed by atoms with Crippen molar-refractivity contribution in [1.82, 2.24) is 4.90 Å². The summed E-state index contributed by atoms with van der Waals surface area (Å²) in [5.74, 6) is 1.20. The first-order valence-corrected chi connectivity index (χ1v) is 8.24. The number of piperazine rings is 1. The highest BCUT2D eigenvalue weighted by molar-refractivity contribution is 6.30. The lowest BCUT2D eigenvalue weighted by molar-refractivity contribution is 0.200. The van der Waals surface area contributed by atoms with Crippen LogP contribution in [0.2, 0.25) is 5.02 Å². The molecule has 0 aromatic heterocycles. The second-order valence-corrected chi connectivity index (χ2v) is 6.06. The topological polar surface area (TPSA) is 35.9 Å². The lowest BCUT2D eigenvalue weighted by atomic mass is 10.2. The van der Waals surface area contributed by atoms with Crippen LogP contribution < -0.4 is 9.64 Å². The van der Waals surface area contributed by atoms with Gasteiger partial charge in [0.2, 0.25) is 0 Å². The molecule has 3 rings (SSSR count). The standard InChI is InChI=1S/C18H21ClN2O2/c19-15-5-7-16(8-6-15)23-14-13-20-9-11-21(12-10-20)17-3-1-2-4-18(17)22/h1-8,22H,9-14H2. The molecule has 1 saturated heterocycles. The lowest BCUT2D eigenvalue weighted by Gasteiger charge is -2.36. The van der Waals surface area contributed by atoms with Crippen molar-refractivity contribution >= 4 is 17.3 Å². The van der Waals surface area contributed by atoms with Crippen molar-refractivity contribution in [3.63, 3.8) is 0 Å². The van der Waals surface area contributed by atoms with E-state index in [0.29, 0.717) is 12.4 Å². The highest BCUT2D eigenvalue weighted by Gasteiger charge is 2.18. The normalized spacial score (nSPS) is 15.6. The number of halogens is 1. The van der Waals surface area contributed by atoms with Crippen LogP contribution in [0.1, 0.15) is 0 Å². The molecule has 0 radical (unpaired) electrons. The molecule has 0 atom stereocenters. The fourth-order valence-electron chi connectivity index (χ4n) is 2.77. The summed E-state index contributed by atoms with van der Waals surface area (Å²) in [6, 6.07) is 15.0. The molecule has 4 nitrogen and oxygen atoms in total. The van der Waals surface area contributed by atoms with Crippen LogP contribution in [-0.2, 0) is 0 Å². The summed E-state index contributed by atoms with van der Waals surface area (Å²) in [4.78, 5) is 4.61. The summed E-state index contributed by atoms with van der Waals surface area (Å²) in [6.45, 7) is 5.34. The van der Waals surface area contributed by atoms with Crippen LogP contribution in [0, 0.1) is 0 Å². The SMILES string of the molecule is Oc1ccccc1N1CCN(CCOc2ccc(Cl)cc2)CC1. The molecule has 2 aromatic rings. The third-order valence-electron chi connectivity index (χ3n) is 4.08. The van der Waals surface area contributed by atoms with Gasteiger partial charge in [-0.25, -0.2) is 0 Å². The molecule has 1 aliphatic rings. The highest BCUT2D eigenvalue weighted by Crippen LogP contribution is 2.27. The Labute approximate surface area is 141 Å². The molecule has 1 N–H and O–H groups in total. The van der Waals surface area contributed by atoms with Gasteiger partial charge in [-0.2, -0.15) is 0 Å². The highest BCUT2D eigenvalue weighted by atomic mass is 35.5. The van der Waals surface area contributed by atoms with Crippen molar-refractivity contribution in [1.29, 1.82) is 0 Å². The average Bonchev–Trinajstić information content (AvgIpc) is 2.58. The maximum absolute atomic E-state index is 9.93. The summed E-state index contributed by atoms with van der Waals surface area (Å²) < 4.78 is 5.74. The van der Waals surface area contributed by atoms with E-state index < -0.39 is 0 Å². The average molecular weight is 333 g/mol. The van der Waals surface area contributed by atoms with Crippen LogP contribution in [0.25, 0.3) is 0 Å². The molecule has 0 aliphatic carbocycles. The van der Waals surface area contributed by atoms with E-state index in [1.807, 2.05) is 42.5 Å². The van der Waals surface area contributed by atoms with Gasteiger partial charge in [0, 0.05) is 37.7 Å². The minimum Gasteiger partial charge on any atom is -0.506 e. The molecule has 1 heterocycles. The van der Waals surface area contributed by atoms with Gasteiger partial charge in [0.15, 0.2) is 0 Å². The number of phenolic OH excluding ortho intramolecular Hbond substituents is 1. The minimum absolute atomic E-state index is 0.354. The van der Waals surface area contributed by atoms with Crippen molar-refractivity contribution in [2.45, 2.75) is 0 Å². The summed E-state index contributed by atoms with van der Waals surface area (Å²) in [7, 11) is 0. The van der Waals surface area contributed by atoms with Crippen molar-refractivity contribution in [2.75, 3.05) is 44.2 Å². The van der Waals surface area contributed by atoms with Crippen molar-refractivity contribution in [3.05, 3.63) is 53.6 Å². The van der Waals surface area contributed by atoms with Crippen molar-refractivity contribution < 1.29 is 9.84 Å². The first kappa shape index (κ1) is 16.0. The Bertz CT molecular complexity index is 625. The third-order valence-corrected chi connectivity index (χ3v) is 4.34. The largest absolute Gasteiger partial charge is 0.506 e. The number of para-hydroxylation sites is 2. The van der Waals surface area contributed by atoms with E-state index in [-0.39, 0.29) is 0 Å². The Kier molecular flexibility index (Phi) is 5.26. The maximum atomic E-state index is 9.93. The number of hydrogen-bond acceptors (Lipinski definition) is 4. The second kappa shape index (κ2) is 7.57. The number of benzene rings is 2. The Morgan fingerprint density at radius 3 is 2.35 bits per heavy atom. The fourth-order valence-corrected chi connectivity index (χ4v) is 2.89. The molecule has 0 saturated carbocycles. The monoisotopic (exact) mass is 332 g/mol. The molecule has 122 valence electrons. The number of rotatable bonds is 5. The van der Waals surface area contributed by atoms with E-state index in [0.717, 1.165) is 49.2 Å². The Hall–Kier alpha value is -1.91. The van der Waals surface area contributed by atoms with Crippen LogP contribution in [0.4, 0.5) is 5.69 Å². The molecular formula is C18H21ClN2O2. The molecule has 23 heavy (non-hydrogen) atoms. The summed E-state index contributed by atoms with van der Waals surface area (Å²) in [5, 5.41) is 10.7. The number of aromatic hydroxyl groups is 1. The van der Waals surface area contributed by atoms with Gasteiger partial charge in [-0.3, -0.25) is 4.90 Å². The fraction of sp³-hybridized carbons (Fsp3) is 0.333. The molecule has 5 heteroatoms. The molecule has 0 bridgehead atoms. The molecule has 2 aromatic carbocycles. The quantitative estimate of drug-likeness (QED) is 0.911. The zero-order valence-electron chi connectivity index (χ0n) is 13.0. The third kappa shape index (κ3) is 4.30. The minimum atomic E-state index is 0.354. The zero-order valence-corrected chi connectivity index (χ0v) is 13.7. The molecular weight excluding hydrogens is 312 g/mol. The van der Waals surface area contributed by atoms with Gasteiger partial charge in [-0.1, -0.05) is 23.7 Å². The number of phenols is 1. The smallest absolute Gasteiger partial charge is 0.138 e. The van der Waals surface area contributed by atoms with Gasteiger partial charge in [0.1, 0.15) is 18.1 Å². The van der Waals surface area contributed by atoms with Crippen LogP contribution in [0.15, 0.2) is 48.5 Å². The number of hydrogen-bond donors (Lipinski definition) is 1. The van der Waals surface area contributed by atoms with Crippen molar-refractivity contribution in [2.24, 2.45) is 0 Å². The van der Waals surface area contributed by atoms with Crippen LogP contribution in [0.3, 0.4) is 0 Å². The van der Waals surface area contributed by atoms with E-state index in [2.05, 4.69) is 9.80 Å². The number of nitrogens with zero attached hydrogens (tertiary/aromatic N) is 2. The van der Waals surface area contributed by atoms with Gasteiger partial charge in [0.05, 0.1) is 5.69 Å². The molecule has 0 spiro atoms. The van der Waals surface area contributed by atoms with Crippen LogP contribution in [-0.4, -0.2) is 49.3 Å². The van der Waals surface area contributed by atoms with Gasteiger partial charge in [-0.15, -0.1) is 0 Å². The van der Waals surface area contributed by atoms with Crippen LogP contribution in [0.5, 0.6) is 11.5 Å². The second-order valence-electron chi connectivity index (χ2n) is 5.62. The van der Waals surface area contributed by atoms with Gasteiger partial charge < -0.3 is 14.7 Å². The van der Waals surface area contributed by atoms with Gasteiger partial charge in [0.25, 0.3) is 0 Å². The number of anilines is 1. The maximum Gasteiger partial charge on any atom is 0.138 e. The van der Waals surface area contributed by atoms with Gasteiger partial charge in [-0.05, 0) is 36.4 Å². The summed E-state index contributed by atoms with van der Waals surface area (Å²) >= 11 is 5.86. The first-order valence-electron chi connectivity index (χ1n) is 7.86. The zero-order chi connectivity index (χ0) is 16.1. The van der Waals surface area contributed by atoms with E-state index in [1.165, 1.54) is 0 Å². The van der Waals surface area contributed by atoms with E-state index >= 15 is 0 Å². The van der Waals surface area contributed by atoms with E-state index in [9.17, 15) is 5.11 Å². The predicted octanol–water partition coefficient (Wildman–Crippen LogP) is 3.25.